The molecule has 1 unspecified atom stereocenters. The maximum absolute atomic E-state index is 12.2. The van der Waals surface area contributed by atoms with Crippen molar-refractivity contribution in [2.45, 2.75) is 31.9 Å². The van der Waals surface area contributed by atoms with Gasteiger partial charge < -0.3 is 0 Å². The summed E-state index contributed by atoms with van der Waals surface area (Å²) >= 11 is 0. The first-order valence-electron chi connectivity index (χ1n) is 3.55. The molecule has 0 aliphatic heterocycles. The summed E-state index contributed by atoms with van der Waals surface area (Å²) in [6.45, 7) is 1.30. The summed E-state index contributed by atoms with van der Waals surface area (Å²) in [6.07, 6.45) is -7.30. The van der Waals surface area contributed by atoms with Gasteiger partial charge in [-0.25, -0.2) is 0 Å². The number of nitriles is 1. The van der Waals surface area contributed by atoms with Gasteiger partial charge in [0, 0.05) is 12.3 Å². The van der Waals surface area contributed by atoms with E-state index >= 15 is 0 Å². The molecule has 0 aromatic heterocycles. The van der Waals surface area contributed by atoms with Crippen LogP contribution in [0.4, 0.5) is 22.0 Å². The Balaban J connectivity index is 4.14. The third-order valence-corrected chi connectivity index (χ3v) is 1.53. The van der Waals surface area contributed by atoms with Crippen molar-refractivity contribution in [3.05, 3.63) is 0 Å². The van der Waals surface area contributed by atoms with Gasteiger partial charge in [0.2, 0.25) is 0 Å². The lowest BCUT2D eigenvalue weighted by molar-refractivity contribution is -0.284. The van der Waals surface area contributed by atoms with Crippen LogP contribution in [0.1, 0.15) is 19.8 Å². The van der Waals surface area contributed by atoms with Gasteiger partial charge in [0.1, 0.15) is 0 Å². The molecule has 0 N–H and O–H groups in total. The lowest BCUT2D eigenvalue weighted by Gasteiger charge is -2.19. The first kappa shape index (κ1) is 12.1. The average Bonchev–Trinajstić information content (AvgIpc) is 1.98. The van der Waals surface area contributed by atoms with Crippen LogP contribution in [0.3, 0.4) is 0 Å². The number of hydrogen-bond acceptors (Lipinski definition) is 1. The molecule has 13 heavy (non-hydrogen) atoms. The fourth-order valence-electron chi connectivity index (χ4n) is 0.604. The Kier molecular flexibility index (Phi) is 3.64. The second kappa shape index (κ2) is 3.90. The minimum Gasteiger partial charge on any atom is -0.198 e. The van der Waals surface area contributed by atoms with E-state index in [1.54, 1.807) is 6.07 Å². The van der Waals surface area contributed by atoms with Crippen LogP contribution in [0.15, 0.2) is 0 Å². The molecule has 0 aromatic rings. The first-order valence-corrected chi connectivity index (χ1v) is 3.55. The average molecular weight is 201 g/mol. The fourth-order valence-corrected chi connectivity index (χ4v) is 0.604. The van der Waals surface area contributed by atoms with E-state index < -0.39 is 30.9 Å². The molecule has 0 rings (SSSR count). The molecule has 1 nitrogen and oxygen atoms in total. The zero-order chi connectivity index (χ0) is 10.7. The number of halogens is 5. The second-order valence-electron chi connectivity index (χ2n) is 2.77. The van der Waals surface area contributed by atoms with E-state index in [2.05, 4.69) is 0 Å². The highest BCUT2D eigenvalue weighted by molar-refractivity contribution is 4.83. The Morgan fingerprint density at radius 3 is 2.00 bits per heavy atom. The Bertz CT molecular complexity index is 202. The van der Waals surface area contributed by atoms with E-state index in [1.165, 1.54) is 6.92 Å². The van der Waals surface area contributed by atoms with Crippen LogP contribution < -0.4 is 0 Å². The van der Waals surface area contributed by atoms with Gasteiger partial charge in [-0.2, -0.15) is 27.2 Å². The summed E-state index contributed by atoms with van der Waals surface area (Å²) in [4.78, 5) is 0. The Labute approximate surface area is 72.1 Å². The molecular formula is C7H8F5N. The van der Waals surface area contributed by atoms with Gasteiger partial charge in [-0.05, 0) is 13.3 Å². The predicted octanol–water partition coefficient (Wildman–Crippen LogP) is 3.12. The van der Waals surface area contributed by atoms with Crippen LogP contribution >= 0.6 is 0 Å². The SMILES string of the molecule is CC(C#N)CCC(F)(F)C(F)(F)F. The number of hydrogen-bond donors (Lipinski definition) is 0. The van der Waals surface area contributed by atoms with Crippen molar-refractivity contribution in [1.82, 2.24) is 0 Å². The molecule has 0 spiro atoms. The monoisotopic (exact) mass is 201 g/mol. The third kappa shape index (κ3) is 3.57. The third-order valence-electron chi connectivity index (χ3n) is 1.53. The van der Waals surface area contributed by atoms with Crippen molar-refractivity contribution in [3.63, 3.8) is 0 Å². The molecule has 0 radical (unpaired) electrons. The minimum absolute atomic E-state index is 0.455. The summed E-state index contributed by atoms with van der Waals surface area (Å²) in [5.41, 5.74) is 0. The quantitative estimate of drug-likeness (QED) is 0.643. The predicted molar refractivity (Wildman–Crippen MR) is 35.0 cm³/mol. The Morgan fingerprint density at radius 2 is 1.69 bits per heavy atom. The number of alkyl halides is 5. The maximum atomic E-state index is 12.2. The van der Waals surface area contributed by atoms with Gasteiger partial charge in [0.05, 0.1) is 6.07 Å². The van der Waals surface area contributed by atoms with Gasteiger partial charge in [0.25, 0.3) is 0 Å². The van der Waals surface area contributed by atoms with Crippen LogP contribution in [-0.2, 0) is 0 Å². The van der Waals surface area contributed by atoms with Gasteiger partial charge in [-0.3, -0.25) is 0 Å². The molecule has 0 saturated heterocycles. The van der Waals surface area contributed by atoms with E-state index in [0.29, 0.717) is 0 Å². The van der Waals surface area contributed by atoms with Crippen LogP contribution in [0.5, 0.6) is 0 Å². The molecule has 0 saturated carbocycles. The summed E-state index contributed by atoms with van der Waals surface area (Å²) in [6, 6.07) is 1.59. The molecule has 0 fully saturated rings. The molecule has 1 atom stereocenters. The normalized spacial score (nSPS) is 15.2. The van der Waals surface area contributed by atoms with E-state index in [9.17, 15) is 22.0 Å². The molecule has 0 heterocycles. The lowest BCUT2D eigenvalue weighted by atomic mass is 10.0. The van der Waals surface area contributed by atoms with Crippen LogP contribution in [0.25, 0.3) is 0 Å². The summed E-state index contributed by atoms with van der Waals surface area (Å²) in [7, 11) is 0. The van der Waals surface area contributed by atoms with Gasteiger partial charge >= 0.3 is 12.1 Å². The first-order chi connectivity index (χ1) is 5.70. The Morgan fingerprint density at radius 1 is 1.23 bits per heavy atom. The van der Waals surface area contributed by atoms with Crippen LogP contribution in [0.2, 0.25) is 0 Å². The highest BCUT2D eigenvalue weighted by Gasteiger charge is 2.56. The number of rotatable bonds is 3. The maximum Gasteiger partial charge on any atom is 0.453 e. The van der Waals surface area contributed by atoms with Crippen molar-refractivity contribution >= 4 is 0 Å². The van der Waals surface area contributed by atoms with Crippen molar-refractivity contribution in [3.8, 4) is 6.07 Å². The van der Waals surface area contributed by atoms with Crippen molar-refractivity contribution in [2.24, 2.45) is 5.92 Å². The minimum atomic E-state index is -5.51. The zero-order valence-electron chi connectivity index (χ0n) is 6.83. The van der Waals surface area contributed by atoms with Crippen molar-refractivity contribution < 1.29 is 22.0 Å². The van der Waals surface area contributed by atoms with E-state index in [1.807, 2.05) is 0 Å². The summed E-state index contributed by atoms with van der Waals surface area (Å²) < 4.78 is 59.1. The molecular weight excluding hydrogens is 193 g/mol. The van der Waals surface area contributed by atoms with E-state index in [-0.39, 0.29) is 0 Å². The van der Waals surface area contributed by atoms with Gasteiger partial charge in [-0.15, -0.1) is 0 Å². The number of nitrogens with zero attached hydrogens (tertiary/aromatic N) is 1. The van der Waals surface area contributed by atoms with E-state index in [0.717, 1.165) is 0 Å². The molecule has 6 heteroatoms. The smallest absolute Gasteiger partial charge is 0.198 e. The van der Waals surface area contributed by atoms with Gasteiger partial charge in [-0.1, -0.05) is 0 Å². The lowest BCUT2D eigenvalue weighted by Crippen LogP contribution is -2.36. The van der Waals surface area contributed by atoms with E-state index in [4.69, 9.17) is 5.26 Å². The fraction of sp³-hybridized carbons (Fsp3) is 0.857. The van der Waals surface area contributed by atoms with Crippen molar-refractivity contribution in [1.29, 1.82) is 5.26 Å². The second-order valence-corrected chi connectivity index (χ2v) is 2.77. The highest BCUT2D eigenvalue weighted by Crippen LogP contribution is 2.39. The van der Waals surface area contributed by atoms with Crippen molar-refractivity contribution in [2.75, 3.05) is 0 Å². The van der Waals surface area contributed by atoms with Gasteiger partial charge in [0.15, 0.2) is 0 Å². The molecule has 0 aliphatic rings. The largest absolute Gasteiger partial charge is 0.453 e. The molecule has 0 aliphatic carbocycles. The molecule has 76 valence electrons. The highest BCUT2D eigenvalue weighted by atomic mass is 19.4. The van der Waals surface area contributed by atoms with Crippen LogP contribution in [-0.4, -0.2) is 12.1 Å². The summed E-state index contributed by atoms with van der Waals surface area (Å²) in [5, 5.41) is 8.16. The molecule has 0 amide bonds. The summed E-state index contributed by atoms with van der Waals surface area (Å²) in [5.74, 6) is -5.47. The van der Waals surface area contributed by atoms with Crippen LogP contribution in [0, 0.1) is 17.2 Å². The molecule has 0 aromatic carbocycles. The Hall–Kier alpha value is -0.860. The zero-order valence-corrected chi connectivity index (χ0v) is 6.83. The standard InChI is InChI=1S/C7H8F5N/c1-5(4-13)2-3-6(8,9)7(10,11)12/h5H,2-3H2,1H3. The topological polar surface area (TPSA) is 23.8 Å². The molecule has 0 bridgehead atoms.